The van der Waals surface area contributed by atoms with Gasteiger partial charge in [-0.3, -0.25) is 14.4 Å². The van der Waals surface area contributed by atoms with Crippen molar-refractivity contribution in [3.05, 3.63) is 60.8 Å². The Morgan fingerprint density at radius 1 is 0.328 bits per heavy atom. The molecule has 0 aliphatic rings. The number of hydrogen-bond donors (Lipinski definition) is 0. The van der Waals surface area contributed by atoms with Crippen molar-refractivity contribution in [2.75, 3.05) is 13.2 Å². The van der Waals surface area contributed by atoms with Gasteiger partial charge in [0.05, 0.1) is 0 Å². The van der Waals surface area contributed by atoms with Crippen LogP contribution in [0.2, 0.25) is 0 Å². The summed E-state index contributed by atoms with van der Waals surface area (Å²) in [6.45, 7) is 6.47. The minimum absolute atomic E-state index is 0.0983. The fraction of sp³-hybridized carbons (Fsp3) is 0.776. The van der Waals surface area contributed by atoms with Crippen molar-refractivity contribution in [1.29, 1.82) is 0 Å². The maximum Gasteiger partial charge on any atom is 0.306 e. The van der Waals surface area contributed by atoms with Crippen LogP contribution in [0.4, 0.5) is 0 Å². The average molecular weight is 895 g/mol. The van der Waals surface area contributed by atoms with Crippen LogP contribution in [-0.2, 0) is 28.6 Å². The molecule has 0 saturated carbocycles. The highest BCUT2D eigenvalue weighted by molar-refractivity contribution is 5.71. The van der Waals surface area contributed by atoms with Gasteiger partial charge in [-0.2, -0.15) is 0 Å². The Hall–Kier alpha value is -2.89. The van der Waals surface area contributed by atoms with Gasteiger partial charge < -0.3 is 14.2 Å². The van der Waals surface area contributed by atoms with E-state index in [0.29, 0.717) is 19.3 Å². The van der Waals surface area contributed by atoms with E-state index < -0.39 is 6.10 Å². The van der Waals surface area contributed by atoms with Gasteiger partial charge in [-0.15, -0.1) is 0 Å². The third kappa shape index (κ3) is 50.1. The molecular formula is C58H102O6. The first-order valence-electron chi connectivity index (χ1n) is 27.3. The molecule has 370 valence electrons. The Labute approximate surface area is 396 Å². The van der Waals surface area contributed by atoms with Crippen molar-refractivity contribution < 1.29 is 28.6 Å². The molecule has 0 heterocycles. The van der Waals surface area contributed by atoms with E-state index in [-0.39, 0.29) is 37.5 Å². The van der Waals surface area contributed by atoms with Crippen LogP contribution >= 0.6 is 0 Å². The summed E-state index contributed by atoms with van der Waals surface area (Å²) in [6.07, 6.45) is 65.1. The second kappa shape index (κ2) is 52.7. The Bertz CT molecular complexity index is 1170. The van der Waals surface area contributed by atoms with Crippen LogP contribution in [0.25, 0.3) is 0 Å². The molecule has 6 heteroatoms. The molecule has 0 aliphatic heterocycles. The first kappa shape index (κ1) is 61.1. The van der Waals surface area contributed by atoms with Crippen LogP contribution in [0.3, 0.4) is 0 Å². The molecule has 0 aromatic heterocycles. The van der Waals surface area contributed by atoms with Gasteiger partial charge in [0.15, 0.2) is 6.10 Å². The van der Waals surface area contributed by atoms with Crippen molar-refractivity contribution in [1.82, 2.24) is 0 Å². The fourth-order valence-corrected chi connectivity index (χ4v) is 7.69. The first-order valence-corrected chi connectivity index (χ1v) is 27.3. The van der Waals surface area contributed by atoms with E-state index in [2.05, 4.69) is 75.5 Å². The second-order valence-electron chi connectivity index (χ2n) is 18.1. The van der Waals surface area contributed by atoms with E-state index in [1.807, 2.05) is 6.08 Å². The van der Waals surface area contributed by atoms with Gasteiger partial charge in [0.25, 0.3) is 0 Å². The summed E-state index contributed by atoms with van der Waals surface area (Å²) >= 11 is 0. The summed E-state index contributed by atoms with van der Waals surface area (Å²) in [7, 11) is 0. The molecule has 0 spiro atoms. The van der Waals surface area contributed by atoms with Gasteiger partial charge in [-0.1, -0.05) is 242 Å². The number of rotatable bonds is 49. The summed E-state index contributed by atoms with van der Waals surface area (Å²) in [5.74, 6) is -0.984. The van der Waals surface area contributed by atoms with E-state index in [0.717, 1.165) is 83.5 Å². The molecule has 0 bridgehead atoms. The van der Waals surface area contributed by atoms with Crippen LogP contribution in [0.15, 0.2) is 60.8 Å². The van der Waals surface area contributed by atoms with Crippen molar-refractivity contribution in [2.45, 2.75) is 277 Å². The Morgan fingerprint density at radius 2 is 0.641 bits per heavy atom. The molecule has 0 aliphatic carbocycles. The van der Waals surface area contributed by atoms with Crippen LogP contribution < -0.4 is 0 Å². The zero-order chi connectivity index (χ0) is 46.5. The maximum absolute atomic E-state index is 12.8. The van der Waals surface area contributed by atoms with Crippen molar-refractivity contribution >= 4 is 17.9 Å². The molecular weight excluding hydrogens is 793 g/mol. The first-order chi connectivity index (χ1) is 31.5. The van der Waals surface area contributed by atoms with Gasteiger partial charge in [0.2, 0.25) is 0 Å². The molecule has 0 radical (unpaired) electrons. The average Bonchev–Trinajstić information content (AvgIpc) is 3.29. The number of allylic oxidation sites excluding steroid dienone is 10. The molecule has 1 unspecified atom stereocenters. The second-order valence-corrected chi connectivity index (χ2v) is 18.1. The number of unbranched alkanes of at least 4 members (excludes halogenated alkanes) is 28. The van der Waals surface area contributed by atoms with E-state index in [4.69, 9.17) is 14.2 Å². The Morgan fingerprint density at radius 3 is 1.05 bits per heavy atom. The van der Waals surface area contributed by atoms with Gasteiger partial charge in [-0.25, -0.2) is 0 Å². The summed E-state index contributed by atoms with van der Waals surface area (Å²) in [4.78, 5) is 38.0. The highest BCUT2D eigenvalue weighted by Crippen LogP contribution is 2.16. The number of ether oxygens (including phenoxy) is 3. The summed E-state index contributed by atoms with van der Waals surface area (Å²) in [5.41, 5.74) is 0. The quantitative estimate of drug-likeness (QED) is 0.0262. The highest BCUT2D eigenvalue weighted by atomic mass is 16.6. The van der Waals surface area contributed by atoms with E-state index in [1.165, 1.54) is 141 Å². The molecule has 0 N–H and O–H groups in total. The largest absolute Gasteiger partial charge is 0.462 e. The van der Waals surface area contributed by atoms with Gasteiger partial charge >= 0.3 is 17.9 Å². The smallest absolute Gasteiger partial charge is 0.306 e. The molecule has 0 aromatic rings. The molecule has 0 saturated heterocycles. The number of esters is 3. The molecule has 6 nitrogen and oxygen atoms in total. The summed E-state index contributed by atoms with van der Waals surface area (Å²) in [5, 5.41) is 0. The summed E-state index contributed by atoms with van der Waals surface area (Å²) < 4.78 is 16.7. The highest BCUT2D eigenvalue weighted by Gasteiger charge is 2.19. The fourth-order valence-electron chi connectivity index (χ4n) is 7.69. The van der Waals surface area contributed by atoms with Gasteiger partial charge in [0, 0.05) is 19.3 Å². The lowest BCUT2D eigenvalue weighted by atomic mass is 10.0. The van der Waals surface area contributed by atoms with Crippen molar-refractivity contribution in [3.63, 3.8) is 0 Å². The topological polar surface area (TPSA) is 78.9 Å². The zero-order valence-electron chi connectivity index (χ0n) is 42.3. The third-order valence-electron chi connectivity index (χ3n) is 11.8. The van der Waals surface area contributed by atoms with Crippen molar-refractivity contribution in [3.8, 4) is 0 Å². The standard InChI is InChI=1S/C58H102O6/c1-4-7-10-13-16-19-22-25-27-28-29-30-31-34-36-39-42-45-48-51-57(60)63-54-55(53-62-56(59)50-47-44-41-38-35-32-24-21-18-15-12-9-6-3)64-58(61)52-49-46-43-40-37-33-26-23-20-17-14-11-8-5-2/h8,11,17,20,26,32-33,35,41,44,55H,4-7,9-10,12-16,18-19,21-25,27-31,34,36-40,42-43,45-54H2,1-3H3/b11-8+,20-17+,33-26+,35-32+,44-41+. The van der Waals surface area contributed by atoms with Crippen LogP contribution in [0.1, 0.15) is 271 Å². The minimum Gasteiger partial charge on any atom is -0.462 e. The molecule has 64 heavy (non-hydrogen) atoms. The lowest BCUT2D eigenvalue weighted by molar-refractivity contribution is -0.166. The lowest BCUT2D eigenvalue weighted by Gasteiger charge is -2.18. The van der Waals surface area contributed by atoms with E-state index >= 15 is 0 Å². The van der Waals surface area contributed by atoms with Crippen LogP contribution in [0.5, 0.6) is 0 Å². The molecule has 0 fully saturated rings. The lowest BCUT2D eigenvalue weighted by Crippen LogP contribution is -2.30. The Balaban J connectivity index is 4.39. The third-order valence-corrected chi connectivity index (χ3v) is 11.8. The molecule has 0 amide bonds. The maximum atomic E-state index is 12.8. The number of hydrogen-bond acceptors (Lipinski definition) is 6. The summed E-state index contributed by atoms with van der Waals surface area (Å²) in [6, 6.07) is 0. The molecule has 0 rings (SSSR count). The SMILES string of the molecule is CC/C=C/C/C=C/C/C=C/CCCCCCC(=O)OC(COC(=O)CC/C=C/C/C=C/CCCCCCCC)COC(=O)CCCCCCCCCCCCCCCCCCCCC. The zero-order valence-corrected chi connectivity index (χ0v) is 42.3. The van der Waals surface area contributed by atoms with E-state index in [1.54, 1.807) is 0 Å². The normalized spacial score (nSPS) is 12.5. The molecule has 1 atom stereocenters. The number of carbonyl (C=O) groups is 3. The van der Waals surface area contributed by atoms with E-state index in [9.17, 15) is 14.4 Å². The van der Waals surface area contributed by atoms with Crippen molar-refractivity contribution in [2.24, 2.45) is 0 Å². The van der Waals surface area contributed by atoms with Gasteiger partial charge in [-0.05, 0) is 70.6 Å². The van der Waals surface area contributed by atoms with Gasteiger partial charge in [0.1, 0.15) is 13.2 Å². The number of carbonyl (C=O) groups excluding carboxylic acids is 3. The molecule has 0 aromatic carbocycles. The van der Waals surface area contributed by atoms with Crippen LogP contribution in [0, 0.1) is 0 Å². The predicted molar refractivity (Wildman–Crippen MR) is 275 cm³/mol. The minimum atomic E-state index is -0.806. The monoisotopic (exact) mass is 895 g/mol. The predicted octanol–water partition coefficient (Wildman–Crippen LogP) is 18.0. The van der Waals surface area contributed by atoms with Crippen LogP contribution in [-0.4, -0.2) is 37.2 Å². The Kier molecular flexibility index (Phi) is 50.4.